The van der Waals surface area contributed by atoms with Crippen molar-refractivity contribution in [1.29, 1.82) is 0 Å². The Kier molecular flexibility index (Phi) is 6.52. The van der Waals surface area contributed by atoms with Crippen LogP contribution in [-0.2, 0) is 25.9 Å². The van der Waals surface area contributed by atoms with Crippen molar-refractivity contribution in [2.24, 2.45) is 0 Å². The van der Waals surface area contributed by atoms with E-state index in [0.717, 1.165) is 21.3 Å². The van der Waals surface area contributed by atoms with Crippen LogP contribution in [0.25, 0.3) is 0 Å². The van der Waals surface area contributed by atoms with Crippen LogP contribution in [-0.4, -0.2) is 32.5 Å². The van der Waals surface area contributed by atoms with E-state index in [0.29, 0.717) is 5.56 Å². The topological polar surface area (TPSA) is 63.7 Å². The highest BCUT2D eigenvalue weighted by Crippen LogP contribution is 2.43. The van der Waals surface area contributed by atoms with Crippen LogP contribution < -0.4 is 0 Å². The van der Waals surface area contributed by atoms with Gasteiger partial charge in [-0.1, -0.05) is 42.5 Å². The molecule has 1 aliphatic rings. The molecule has 0 aromatic heterocycles. The van der Waals surface area contributed by atoms with E-state index in [1.54, 1.807) is 12.1 Å². The van der Waals surface area contributed by atoms with Gasteiger partial charge in [-0.25, -0.2) is 17.6 Å². The molecule has 0 spiro atoms. The van der Waals surface area contributed by atoms with Crippen molar-refractivity contribution in [1.82, 2.24) is 4.90 Å². The standard InChI is InChI=1S/C24H21FINO4S/c25-20-8-12-22(13-9-20)32(29,30)24(19-6-10-21(26)11-7-19)14-15-27(17-24)23(28)31-16-18-4-2-1-3-5-18/h1-13H,14-17H2/t24-/m1/s1. The van der Waals surface area contributed by atoms with Gasteiger partial charge in [0.1, 0.15) is 17.2 Å². The Morgan fingerprint density at radius 1 is 1.00 bits per heavy atom. The van der Waals surface area contributed by atoms with E-state index in [1.165, 1.54) is 17.0 Å². The van der Waals surface area contributed by atoms with E-state index in [2.05, 4.69) is 22.6 Å². The number of benzene rings is 3. The number of hydrogen-bond acceptors (Lipinski definition) is 4. The van der Waals surface area contributed by atoms with E-state index < -0.39 is 26.5 Å². The molecule has 1 aliphatic heterocycles. The molecule has 1 atom stereocenters. The summed E-state index contributed by atoms with van der Waals surface area (Å²) in [7, 11) is -3.94. The number of amides is 1. The fraction of sp³-hybridized carbons (Fsp3) is 0.208. The molecule has 0 radical (unpaired) electrons. The minimum Gasteiger partial charge on any atom is -0.445 e. The van der Waals surface area contributed by atoms with Crippen LogP contribution >= 0.6 is 22.6 Å². The molecule has 3 aromatic carbocycles. The van der Waals surface area contributed by atoms with Gasteiger partial charge in [-0.2, -0.15) is 0 Å². The first-order chi connectivity index (χ1) is 15.3. The zero-order valence-corrected chi connectivity index (χ0v) is 20.1. The fourth-order valence-electron chi connectivity index (χ4n) is 3.95. The van der Waals surface area contributed by atoms with E-state index in [4.69, 9.17) is 4.74 Å². The third kappa shape index (κ3) is 4.38. The molecule has 0 unspecified atom stereocenters. The lowest BCUT2D eigenvalue weighted by Gasteiger charge is -2.30. The van der Waals surface area contributed by atoms with Gasteiger partial charge in [-0.3, -0.25) is 0 Å². The maximum absolute atomic E-state index is 13.8. The van der Waals surface area contributed by atoms with Crippen LogP contribution in [0.2, 0.25) is 0 Å². The summed E-state index contributed by atoms with van der Waals surface area (Å²) < 4.78 is 46.1. The highest BCUT2D eigenvalue weighted by atomic mass is 127. The maximum atomic E-state index is 13.8. The van der Waals surface area contributed by atoms with Gasteiger partial charge in [0.05, 0.1) is 4.90 Å². The van der Waals surface area contributed by atoms with Crippen LogP contribution in [0.4, 0.5) is 9.18 Å². The summed E-state index contributed by atoms with van der Waals surface area (Å²) >= 11 is 2.16. The number of sulfone groups is 1. The number of likely N-dealkylation sites (tertiary alicyclic amines) is 1. The number of ether oxygens (including phenoxy) is 1. The summed E-state index contributed by atoms with van der Waals surface area (Å²) in [6.45, 7) is 0.304. The molecule has 166 valence electrons. The zero-order valence-electron chi connectivity index (χ0n) is 17.1. The van der Waals surface area contributed by atoms with Gasteiger partial charge >= 0.3 is 6.09 Å². The first kappa shape index (κ1) is 22.7. The first-order valence-corrected chi connectivity index (χ1v) is 12.6. The Morgan fingerprint density at radius 3 is 2.31 bits per heavy atom. The molecule has 32 heavy (non-hydrogen) atoms. The van der Waals surface area contributed by atoms with Gasteiger partial charge in [0.2, 0.25) is 0 Å². The van der Waals surface area contributed by atoms with Gasteiger partial charge in [0.15, 0.2) is 9.84 Å². The molecule has 8 heteroatoms. The molecule has 1 saturated heterocycles. The van der Waals surface area contributed by atoms with E-state index in [-0.39, 0.29) is 31.0 Å². The third-order valence-corrected chi connectivity index (χ3v) is 8.91. The average molecular weight is 565 g/mol. The zero-order chi connectivity index (χ0) is 22.8. The number of hydrogen-bond donors (Lipinski definition) is 0. The Morgan fingerprint density at radius 2 is 1.66 bits per heavy atom. The second-order valence-corrected chi connectivity index (χ2v) is 11.2. The SMILES string of the molecule is O=C(OCc1ccccc1)N1CC[C@@](c2ccc(I)cc2)(S(=O)(=O)c2ccc(F)cc2)C1. The number of halogens is 2. The van der Waals surface area contributed by atoms with Gasteiger partial charge in [0, 0.05) is 16.7 Å². The van der Waals surface area contributed by atoms with Crippen molar-refractivity contribution in [3.05, 3.63) is 99.4 Å². The highest BCUT2D eigenvalue weighted by molar-refractivity contribution is 14.1. The van der Waals surface area contributed by atoms with Gasteiger partial charge in [-0.05, 0) is 76.5 Å². The molecule has 5 nitrogen and oxygen atoms in total. The number of nitrogens with zero attached hydrogens (tertiary/aromatic N) is 1. The molecule has 1 heterocycles. The second-order valence-electron chi connectivity index (χ2n) is 7.67. The van der Waals surface area contributed by atoms with Crippen LogP contribution in [0.15, 0.2) is 83.8 Å². The van der Waals surface area contributed by atoms with Crippen molar-refractivity contribution in [2.75, 3.05) is 13.1 Å². The second kappa shape index (κ2) is 9.19. The Labute approximate surface area is 200 Å². The van der Waals surface area contributed by atoms with Gasteiger partial charge in [-0.15, -0.1) is 0 Å². The molecule has 0 N–H and O–H groups in total. The predicted molar refractivity (Wildman–Crippen MR) is 127 cm³/mol. The Balaban J connectivity index is 1.65. The molecule has 4 rings (SSSR count). The van der Waals surface area contributed by atoms with Crippen molar-refractivity contribution in [3.8, 4) is 0 Å². The maximum Gasteiger partial charge on any atom is 0.410 e. The van der Waals surface area contributed by atoms with Crippen LogP contribution in [0, 0.1) is 9.39 Å². The molecule has 0 aliphatic carbocycles. The highest BCUT2D eigenvalue weighted by Gasteiger charge is 2.52. The van der Waals surface area contributed by atoms with Crippen LogP contribution in [0.5, 0.6) is 0 Å². The lowest BCUT2D eigenvalue weighted by Crippen LogP contribution is -2.40. The Bertz CT molecular complexity index is 1200. The largest absolute Gasteiger partial charge is 0.445 e. The van der Waals surface area contributed by atoms with E-state index in [1.807, 2.05) is 42.5 Å². The smallest absolute Gasteiger partial charge is 0.410 e. The van der Waals surface area contributed by atoms with Gasteiger partial charge in [0.25, 0.3) is 0 Å². The molecular formula is C24H21FINO4S. The normalized spacial score (nSPS) is 18.5. The molecule has 0 bridgehead atoms. The van der Waals surface area contributed by atoms with E-state index in [9.17, 15) is 17.6 Å². The van der Waals surface area contributed by atoms with Crippen molar-refractivity contribution >= 4 is 38.5 Å². The van der Waals surface area contributed by atoms with E-state index >= 15 is 0 Å². The quantitative estimate of drug-likeness (QED) is 0.318. The van der Waals surface area contributed by atoms with Crippen molar-refractivity contribution in [2.45, 2.75) is 22.7 Å². The van der Waals surface area contributed by atoms with Gasteiger partial charge < -0.3 is 9.64 Å². The van der Waals surface area contributed by atoms with Crippen molar-refractivity contribution in [3.63, 3.8) is 0 Å². The lowest BCUT2D eigenvalue weighted by molar-refractivity contribution is 0.103. The third-order valence-electron chi connectivity index (χ3n) is 5.70. The summed E-state index contributed by atoms with van der Waals surface area (Å²) in [5.41, 5.74) is 1.45. The van der Waals surface area contributed by atoms with Crippen LogP contribution in [0.1, 0.15) is 17.5 Å². The summed E-state index contributed by atoms with van der Waals surface area (Å²) in [5.74, 6) is -0.509. The molecule has 0 saturated carbocycles. The number of carbonyl (C=O) groups excluding carboxylic acids is 1. The molecule has 3 aromatic rings. The fourth-order valence-corrected chi connectivity index (χ4v) is 6.39. The lowest BCUT2D eigenvalue weighted by atomic mass is 9.97. The van der Waals surface area contributed by atoms with Crippen molar-refractivity contribution < 1.29 is 22.3 Å². The summed E-state index contributed by atoms with van der Waals surface area (Å²) in [4.78, 5) is 14.2. The monoisotopic (exact) mass is 565 g/mol. The number of rotatable bonds is 5. The summed E-state index contributed by atoms with van der Waals surface area (Å²) in [5, 5.41) is 0. The molecular weight excluding hydrogens is 544 g/mol. The first-order valence-electron chi connectivity index (χ1n) is 10.0. The summed E-state index contributed by atoms with van der Waals surface area (Å²) in [6.07, 6.45) is -0.344. The average Bonchev–Trinajstić information content (AvgIpc) is 3.26. The number of carbonyl (C=O) groups is 1. The molecule has 1 fully saturated rings. The Hall–Kier alpha value is -2.46. The predicted octanol–water partition coefficient (Wildman–Crippen LogP) is 5.14. The molecule has 1 amide bonds. The minimum atomic E-state index is -3.94. The van der Waals surface area contributed by atoms with Crippen LogP contribution in [0.3, 0.4) is 0 Å². The minimum absolute atomic E-state index is 0.0250. The summed E-state index contributed by atoms with van der Waals surface area (Å²) in [6, 6.07) is 21.4.